The van der Waals surface area contributed by atoms with Crippen LogP contribution in [0.5, 0.6) is 0 Å². The van der Waals surface area contributed by atoms with Crippen molar-refractivity contribution < 1.29 is 0 Å². The van der Waals surface area contributed by atoms with E-state index in [2.05, 4.69) is 10.1 Å². The van der Waals surface area contributed by atoms with Gasteiger partial charge in [-0.15, -0.1) is 0 Å². The zero-order chi connectivity index (χ0) is 15.9. The molecule has 0 bridgehead atoms. The molecule has 0 amide bonds. The van der Waals surface area contributed by atoms with Crippen LogP contribution in [-0.2, 0) is 13.1 Å². The zero-order valence-corrected chi connectivity index (χ0v) is 13.7. The first-order valence-electron chi connectivity index (χ1n) is 7.27. The van der Waals surface area contributed by atoms with Crippen molar-refractivity contribution in [1.82, 2.24) is 19.3 Å². The molecule has 0 fully saturated rings. The van der Waals surface area contributed by atoms with Gasteiger partial charge < -0.3 is 4.98 Å². The second-order valence-corrected chi connectivity index (χ2v) is 5.82. The molecule has 0 spiro atoms. The average Bonchev–Trinajstić information content (AvgIpc) is 2.82. The molecule has 3 rings (SSSR count). The molecular formula is C16H18N4OS. The third-order valence-electron chi connectivity index (χ3n) is 3.81. The number of benzene rings is 1. The SMILES string of the molecule is CCn1nc(C)c2[nH]c(=S)n(Cc3ccc(C)cc3)c(=O)c21. The Morgan fingerprint density at radius 2 is 1.91 bits per heavy atom. The lowest BCUT2D eigenvalue weighted by atomic mass is 10.1. The van der Waals surface area contributed by atoms with Crippen LogP contribution < -0.4 is 5.56 Å². The molecule has 0 aliphatic heterocycles. The van der Waals surface area contributed by atoms with E-state index >= 15 is 0 Å². The molecule has 1 N–H and O–H groups in total. The van der Waals surface area contributed by atoms with Crippen molar-refractivity contribution in [3.05, 3.63) is 56.2 Å². The van der Waals surface area contributed by atoms with Crippen LogP contribution in [0.15, 0.2) is 29.1 Å². The van der Waals surface area contributed by atoms with Crippen LogP contribution >= 0.6 is 12.2 Å². The number of aryl methyl sites for hydroxylation is 3. The zero-order valence-electron chi connectivity index (χ0n) is 12.9. The van der Waals surface area contributed by atoms with E-state index in [1.54, 1.807) is 9.25 Å². The van der Waals surface area contributed by atoms with E-state index in [0.29, 0.717) is 23.4 Å². The number of nitrogens with one attached hydrogen (secondary N) is 1. The van der Waals surface area contributed by atoms with Gasteiger partial charge in [-0.2, -0.15) is 5.10 Å². The molecule has 3 aromatic rings. The molecular weight excluding hydrogens is 296 g/mol. The van der Waals surface area contributed by atoms with Gasteiger partial charge in [0.15, 0.2) is 10.3 Å². The smallest absolute Gasteiger partial charge is 0.280 e. The highest BCUT2D eigenvalue weighted by Gasteiger charge is 2.14. The second kappa shape index (κ2) is 5.53. The standard InChI is InChI=1S/C16H18N4OS/c1-4-20-14-13(11(3)18-20)17-16(22)19(15(14)21)9-12-7-5-10(2)6-8-12/h5-8H,4,9H2,1-3H3,(H,17,22). The van der Waals surface area contributed by atoms with Gasteiger partial charge in [-0.25, -0.2) is 0 Å². The molecule has 22 heavy (non-hydrogen) atoms. The number of rotatable bonds is 3. The van der Waals surface area contributed by atoms with E-state index in [0.717, 1.165) is 16.8 Å². The second-order valence-electron chi connectivity index (χ2n) is 5.43. The molecule has 1 aromatic carbocycles. The number of aromatic nitrogens is 4. The number of hydrogen-bond acceptors (Lipinski definition) is 3. The van der Waals surface area contributed by atoms with E-state index < -0.39 is 0 Å². The van der Waals surface area contributed by atoms with Crippen molar-refractivity contribution >= 4 is 23.3 Å². The molecule has 0 radical (unpaired) electrons. The van der Waals surface area contributed by atoms with Crippen LogP contribution in [0, 0.1) is 18.6 Å². The topological polar surface area (TPSA) is 55.6 Å². The third kappa shape index (κ3) is 2.39. The molecule has 0 atom stereocenters. The Kier molecular flexibility index (Phi) is 3.70. The van der Waals surface area contributed by atoms with Crippen molar-refractivity contribution in [2.75, 3.05) is 0 Å². The highest BCUT2D eigenvalue weighted by atomic mass is 32.1. The van der Waals surface area contributed by atoms with E-state index in [4.69, 9.17) is 12.2 Å². The predicted octanol–water partition coefficient (Wildman–Crippen LogP) is 2.94. The summed E-state index contributed by atoms with van der Waals surface area (Å²) in [5.74, 6) is 0. The van der Waals surface area contributed by atoms with Gasteiger partial charge in [-0.05, 0) is 38.6 Å². The minimum atomic E-state index is -0.0956. The normalized spacial score (nSPS) is 11.2. The number of hydrogen-bond donors (Lipinski definition) is 1. The summed E-state index contributed by atoms with van der Waals surface area (Å²) in [7, 11) is 0. The van der Waals surface area contributed by atoms with Crippen molar-refractivity contribution in [1.29, 1.82) is 0 Å². The van der Waals surface area contributed by atoms with Gasteiger partial charge in [-0.1, -0.05) is 29.8 Å². The Hall–Kier alpha value is -2.21. The monoisotopic (exact) mass is 314 g/mol. The van der Waals surface area contributed by atoms with Crippen LogP contribution in [0.25, 0.3) is 11.0 Å². The summed E-state index contributed by atoms with van der Waals surface area (Å²) < 4.78 is 3.75. The summed E-state index contributed by atoms with van der Waals surface area (Å²) in [6, 6.07) is 8.10. The summed E-state index contributed by atoms with van der Waals surface area (Å²) in [4.78, 5) is 16.0. The maximum Gasteiger partial charge on any atom is 0.280 e. The summed E-state index contributed by atoms with van der Waals surface area (Å²) in [5.41, 5.74) is 4.25. The van der Waals surface area contributed by atoms with E-state index in [1.165, 1.54) is 5.56 Å². The Balaban J connectivity index is 2.19. The average molecular weight is 314 g/mol. The van der Waals surface area contributed by atoms with Crippen LogP contribution in [0.3, 0.4) is 0 Å². The first kappa shape index (κ1) is 14.7. The van der Waals surface area contributed by atoms with Gasteiger partial charge >= 0.3 is 0 Å². The van der Waals surface area contributed by atoms with Gasteiger partial charge in [-0.3, -0.25) is 14.0 Å². The largest absolute Gasteiger partial charge is 0.329 e. The fourth-order valence-corrected chi connectivity index (χ4v) is 2.84. The maximum atomic E-state index is 12.8. The number of fused-ring (bicyclic) bond motifs is 1. The van der Waals surface area contributed by atoms with Gasteiger partial charge in [0.25, 0.3) is 5.56 Å². The Morgan fingerprint density at radius 1 is 1.23 bits per heavy atom. The molecule has 0 unspecified atom stereocenters. The quantitative estimate of drug-likeness (QED) is 0.756. The first-order valence-corrected chi connectivity index (χ1v) is 7.68. The van der Waals surface area contributed by atoms with Crippen molar-refractivity contribution in [3.63, 3.8) is 0 Å². The molecule has 2 heterocycles. The van der Waals surface area contributed by atoms with Crippen LogP contribution in [0.1, 0.15) is 23.7 Å². The van der Waals surface area contributed by atoms with Crippen LogP contribution in [-0.4, -0.2) is 19.3 Å². The van der Waals surface area contributed by atoms with Crippen LogP contribution in [0.4, 0.5) is 0 Å². The van der Waals surface area contributed by atoms with E-state index in [9.17, 15) is 4.79 Å². The van der Waals surface area contributed by atoms with Crippen LogP contribution in [0.2, 0.25) is 0 Å². The molecule has 0 saturated heterocycles. The predicted molar refractivity (Wildman–Crippen MR) is 89.9 cm³/mol. The summed E-state index contributed by atoms with van der Waals surface area (Å²) >= 11 is 5.37. The highest BCUT2D eigenvalue weighted by Crippen LogP contribution is 2.13. The molecule has 6 heteroatoms. The minimum absolute atomic E-state index is 0.0956. The molecule has 5 nitrogen and oxygen atoms in total. The van der Waals surface area contributed by atoms with Gasteiger partial charge in [0.1, 0.15) is 0 Å². The third-order valence-corrected chi connectivity index (χ3v) is 4.14. The molecule has 114 valence electrons. The van der Waals surface area contributed by atoms with Crippen molar-refractivity contribution in [2.24, 2.45) is 0 Å². The minimum Gasteiger partial charge on any atom is -0.329 e. The Morgan fingerprint density at radius 3 is 2.55 bits per heavy atom. The number of aromatic amines is 1. The Bertz CT molecular complexity index is 947. The lowest BCUT2D eigenvalue weighted by Gasteiger charge is -2.08. The summed E-state index contributed by atoms with van der Waals surface area (Å²) in [6.07, 6.45) is 0. The van der Waals surface area contributed by atoms with E-state index in [-0.39, 0.29) is 5.56 Å². The summed E-state index contributed by atoms with van der Waals surface area (Å²) in [6.45, 7) is 6.99. The Labute approximate surface area is 133 Å². The molecule has 2 aromatic heterocycles. The lowest BCUT2D eigenvalue weighted by Crippen LogP contribution is -2.24. The highest BCUT2D eigenvalue weighted by molar-refractivity contribution is 7.71. The summed E-state index contributed by atoms with van der Waals surface area (Å²) in [5, 5.41) is 4.40. The van der Waals surface area contributed by atoms with Crippen molar-refractivity contribution in [2.45, 2.75) is 33.9 Å². The fourth-order valence-electron chi connectivity index (χ4n) is 2.59. The molecule has 0 aliphatic rings. The first-order chi connectivity index (χ1) is 10.5. The molecule has 0 aliphatic carbocycles. The van der Waals surface area contributed by atoms with Crippen molar-refractivity contribution in [3.8, 4) is 0 Å². The van der Waals surface area contributed by atoms with Gasteiger partial charge in [0, 0.05) is 6.54 Å². The number of H-pyrrole nitrogens is 1. The number of nitrogens with zero attached hydrogens (tertiary/aromatic N) is 3. The van der Waals surface area contributed by atoms with Gasteiger partial charge in [0.05, 0.1) is 17.8 Å². The lowest BCUT2D eigenvalue weighted by molar-refractivity contribution is 0.662. The maximum absolute atomic E-state index is 12.8. The molecule has 0 saturated carbocycles. The fraction of sp³-hybridized carbons (Fsp3) is 0.312. The van der Waals surface area contributed by atoms with Gasteiger partial charge in [0.2, 0.25) is 0 Å². The van der Waals surface area contributed by atoms with E-state index in [1.807, 2.05) is 45.0 Å².